The summed E-state index contributed by atoms with van der Waals surface area (Å²) in [7, 11) is 4.09. The van der Waals surface area contributed by atoms with E-state index in [-0.39, 0.29) is 1.43 Å². The van der Waals surface area contributed by atoms with Crippen LogP contribution in [0.1, 0.15) is 31.4 Å². The van der Waals surface area contributed by atoms with Gasteiger partial charge < -0.3 is 19.4 Å². The lowest BCUT2D eigenvalue weighted by Gasteiger charge is -2.12. The number of aryl methyl sites for hydroxylation is 1. The van der Waals surface area contributed by atoms with Crippen molar-refractivity contribution < 1.29 is 10.9 Å². The molecule has 1 N–H and O–H groups in total. The number of nitrogens with zero attached hydrogens (tertiary/aromatic N) is 2. The molecule has 2 aromatic heterocycles. The van der Waals surface area contributed by atoms with Gasteiger partial charge in [0.05, 0.1) is 24.4 Å². The number of likely N-dealkylation sites (N-methyl/N-ethyl adjacent to an activating group) is 1. The number of benzene rings is 1. The standard InChI is InChI=1S/C21H27N3O2.H2/c1-14-12-16-18(13-19(14)26-11-10-25-9-8-24(2)3)23-17-6-7-22-21(20(16)17)15-4-5-15;/h6-7,12-13,15,23H,4-5,8-11H2,1-3H3;1H. The van der Waals surface area contributed by atoms with E-state index in [4.69, 9.17) is 9.47 Å². The summed E-state index contributed by atoms with van der Waals surface area (Å²) in [6.07, 6.45) is 4.43. The normalized spacial score (nSPS) is 14.6. The first-order valence-electron chi connectivity index (χ1n) is 9.39. The molecule has 140 valence electrons. The van der Waals surface area contributed by atoms with Crippen molar-refractivity contribution in [1.82, 2.24) is 14.9 Å². The summed E-state index contributed by atoms with van der Waals surface area (Å²) in [5, 5.41) is 2.54. The van der Waals surface area contributed by atoms with Crippen LogP contribution in [-0.2, 0) is 4.74 Å². The maximum Gasteiger partial charge on any atom is 0.124 e. The maximum absolute atomic E-state index is 5.96. The molecule has 5 heteroatoms. The van der Waals surface area contributed by atoms with Crippen LogP contribution in [0.5, 0.6) is 5.75 Å². The van der Waals surface area contributed by atoms with E-state index in [1.165, 1.54) is 34.8 Å². The number of nitrogens with one attached hydrogen (secondary N) is 1. The zero-order valence-electron chi connectivity index (χ0n) is 15.8. The summed E-state index contributed by atoms with van der Waals surface area (Å²) in [6.45, 7) is 4.93. The predicted octanol–water partition coefficient (Wildman–Crippen LogP) is 4.10. The minimum Gasteiger partial charge on any atom is -0.491 e. The smallest absolute Gasteiger partial charge is 0.124 e. The van der Waals surface area contributed by atoms with Gasteiger partial charge in [-0.1, -0.05) is 0 Å². The van der Waals surface area contributed by atoms with Crippen molar-refractivity contribution in [1.29, 1.82) is 0 Å². The summed E-state index contributed by atoms with van der Waals surface area (Å²) in [4.78, 5) is 10.3. The van der Waals surface area contributed by atoms with E-state index in [0.29, 0.717) is 19.1 Å². The van der Waals surface area contributed by atoms with Crippen LogP contribution in [0.4, 0.5) is 0 Å². The second-order valence-electron chi connectivity index (χ2n) is 7.45. The minimum absolute atomic E-state index is 0. The Labute approximate surface area is 155 Å². The lowest BCUT2D eigenvalue weighted by atomic mass is 10.1. The van der Waals surface area contributed by atoms with Crippen LogP contribution in [-0.4, -0.2) is 55.3 Å². The van der Waals surface area contributed by atoms with Crippen LogP contribution < -0.4 is 4.74 Å². The molecule has 0 amide bonds. The molecule has 3 aromatic rings. The van der Waals surface area contributed by atoms with Crippen LogP contribution in [0, 0.1) is 6.92 Å². The van der Waals surface area contributed by atoms with Crippen LogP contribution in [0.25, 0.3) is 21.8 Å². The van der Waals surface area contributed by atoms with Crippen LogP contribution in [0.15, 0.2) is 24.4 Å². The van der Waals surface area contributed by atoms with E-state index in [9.17, 15) is 0 Å². The zero-order valence-corrected chi connectivity index (χ0v) is 15.8. The van der Waals surface area contributed by atoms with Gasteiger partial charge in [-0.15, -0.1) is 0 Å². The number of rotatable bonds is 8. The van der Waals surface area contributed by atoms with Gasteiger partial charge in [0.25, 0.3) is 0 Å². The second-order valence-corrected chi connectivity index (χ2v) is 7.45. The largest absolute Gasteiger partial charge is 0.491 e. The van der Waals surface area contributed by atoms with Gasteiger partial charge in [-0.25, -0.2) is 0 Å². The first-order valence-corrected chi connectivity index (χ1v) is 9.39. The van der Waals surface area contributed by atoms with Crippen molar-refractivity contribution in [2.45, 2.75) is 25.7 Å². The Bertz CT molecular complexity index is 919. The second kappa shape index (κ2) is 7.25. The monoisotopic (exact) mass is 355 g/mol. The first kappa shape index (κ1) is 17.3. The van der Waals surface area contributed by atoms with Gasteiger partial charge >= 0.3 is 0 Å². The SMILES string of the molecule is Cc1cc2c(cc1OCCOCCN(C)C)[nH]c1ccnc(C3CC3)c12.[HH]. The van der Waals surface area contributed by atoms with Crippen LogP contribution in [0.3, 0.4) is 0 Å². The molecule has 0 aliphatic heterocycles. The van der Waals surface area contributed by atoms with Crippen LogP contribution >= 0.6 is 0 Å². The Hall–Kier alpha value is -2.11. The third kappa shape index (κ3) is 3.55. The summed E-state index contributed by atoms with van der Waals surface area (Å²) in [5.41, 5.74) is 4.68. The van der Waals surface area contributed by atoms with Gasteiger partial charge in [0.15, 0.2) is 0 Å². The van der Waals surface area contributed by atoms with E-state index < -0.39 is 0 Å². The molecule has 1 aliphatic rings. The highest BCUT2D eigenvalue weighted by atomic mass is 16.5. The lowest BCUT2D eigenvalue weighted by Crippen LogP contribution is -2.19. The van der Waals surface area contributed by atoms with Gasteiger partial charge in [0.2, 0.25) is 0 Å². The number of aromatic amines is 1. The lowest BCUT2D eigenvalue weighted by molar-refractivity contribution is 0.0888. The van der Waals surface area contributed by atoms with Gasteiger partial charge in [-0.05, 0) is 51.6 Å². The fourth-order valence-electron chi connectivity index (χ4n) is 3.39. The van der Waals surface area contributed by atoms with Gasteiger partial charge in [-0.3, -0.25) is 4.98 Å². The van der Waals surface area contributed by atoms with Crippen molar-refractivity contribution in [3.8, 4) is 5.75 Å². The topological polar surface area (TPSA) is 50.4 Å². The van der Waals surface area contributed by atoms with Crippen molar-refractivity contribution in [2.24, 2.45) is 0 Å². The molecule has 0 radical (unpaired) electrons. The number of fused-ring (bicyclic) bond motifs is 3. The van der Waals surface area contributed by atoms with E-state index >= 15 is 0 Å². The molecule has 1 aliphatic carbocycles. The molecular weight excluding hydrogens is 326 g/mol. The van der Waals surface area contributed by atoms with E-state index in [1.807, 2.05) is 20.3 Å². The minimum atomic E-state index is 0. The molecular formula is C21H29N3O2. The highest BCUT2D eigenvalue weighted by molar-refractivity contribution is 6.09. The summed E-state index contributed by atoms with van der Waals surface area (Å²) in [6, 6.07) is 6.40. The number of hydrogen-bond donors (Lipinski definition) is 1. The zero-order chi connectivity index (χ0) is 18.1. The van der Waals surface area contributed by atoms with Gasteiger partial charge in [0.1, 0.15) is 12.4 Å². The quantitative estimate of drug-likeness (QED) is 0.618. The number of ether oxygens (including phenoxy) is 2. The molecule has 0 atom stereocenters. The van der Waals surface area contributed by atoms with Crippen molar-refractivity contribution >= 4 is 21.8 Å². The summed E-state index contributed by atoms with van der Waals surface area (Å²) >= 11 is 0. The predicted molar refractivity (Wildman–Crippen MR) is 107 cm³/mol. The Balaban J connectivity index is 0.00000210. The molecule has 1 fully saturated rings. The number of H-pyrrole nitrogens is 1. The molecule has 26 heavy (non-hydrogen) atoms. The van der Waals surface area contributed by atoms with Gasteiger partial charge in [-0.2, -0.15) is 0 Å². The molecule has 5 nitrogen and oxygen atoms in total. The Morgan fingerprint density at radius 1 is 1.19 bits per heavy atom. The molecule has 2 heterocycles. The highest BCUT2D eigenvalue weighted by Gasteiger charge is 2.28. The molecule has 0 bridgehead atoms. The molecule has 1 saturated carbocycles. The highest BCUT2D eigenvalue weighted by Crippen LogP contribution is 2.44. The number of hydrogen-bond acceptors (Lipinski definition) is 4. The molecule has 0 spiro atoms. The Morgan fingerprint density at radius 2 is 2.04 bits per heavy atom. The maximum atomic E-state index is 5.96. The first-order chi connectivity index (χ1) is 12.6. The fourth-order valence-corrected chi connectivity index (χ4v) is 3.39. The molecule has 0 unspecified atom stereocenters. The average Bonchev–Trinajstić information content (AvgIpc) is 3.39. The molecule has 4 rings (SSSR count). The Morgan fingerprint density at radius 3 is 2.81 bits per heavy atom. The van der Waals surface area contributed by atoms with Crippen LogP contribution in [0.2, 0.25) is 0 Å². The fraction of sp³-hybridized carbons (Fsp3) is 0.476. The average molecular weight is 355 g/mol. The third-order valence-corrected chi connectivity index (χ3v) is 4.97. The van der Waals surface area contributed by atoms with Crippen molar-refractivity contribution in [3.63, 3.8) is 0 Å². The van der Waals surface area contributed by atoms with Crippen molar-refractivity contribution in [3.05, 3.63) is 35.7 Å². The van der Waals surface area contributed by atoms with E-state index in [1.54, 1.807) is 0 Å². The van der Waals surface area contributed by atoms with Crippen molar-refractivity contribution in [2.75, 3.05) is 40.5 Å². The van der Waals surface area contributed by atoms with E-state index in [0.717, 1.165) is 30.0 Å². The number of pyridine rings is 1. The number of aromatic nitrogens is 2. The molecule has 1 aromatic carbocycles. The molecule has 0 saturated heterocycles. The summed E-state index contributed by atoms with van der Waals surface area (Å²) in [5.74, 6) is 1.55. The Kier molecular flexibility index (Phi) is 4.83. The van der Waals surface area contributed by atoms with E-state index in [2.05, 4.69) is 40.0 Å². The third-order valence-electron chi connectivity index (χ3n) is 4.97. The van der Waals surface area contributed by atoms with Gasteiger partial charge in [0, 0.05) is 42.4 Å². The summed E-state index contributed by atoms with van der Waals surface area (Å²) < 4.78 is 11.6.